The second kappa shape index (κ2) is 8.08. The monoisotopic (exact) mass is 414 g/mol. The van der Waals surface area contributed by atoms with Gasteiger partial charge in [0.25, 0.3) is 0 Å². The van der Waals surface area contributed by atoms with Crippen LogP contribution >= 0.6 is 0 Å². The predicted octanol–water partition coefficient (Wildman–Crippen LogP) is 3.89. The van der Waals surface area contributed by atoms with Gasteiger partial charge in [0, 0.05) is 18.8 Å². The number of benzene rings is 1. The lowest BCUT2D eigenvalue weighted by Gasteiger charge is -2.17. The molecule has 2 aromatic rings. The first-order chi connectivity index (χ1) is 13.2. The Kier molecular flexibility index (Phi) is 5.95. The van der Waals surface area contributed by atoms with E-state index in [1.54, 1.807) is 24.3 Å². The van der Waals surface area contributed by atoms with Gasteiger partial charge in [-0.1, -0.05) is 25.5 Å². The maximum absolute atomic E-state index is 12.8. The van der Waals surface area contributed by atoms with Gasteiger partial charge >= 0.3 is 6.18 Å². The fourth-order valence-corrected chi connectivity index (χ4v) is 4.59. The maximum atomic E-state index is 12.8. The smallest absolute Gasteiger partial charge is 0.416 e. The molecule has 28 heavy (non-hydrogen) atoms. The van der Waals surface area contributed by atoms with Crippen molar-refractivity contribution in [2.45, 2.75) is 43.4 Å². The van der Waals surface area contributed by atoms with Crippen LogP contribution in [0.3, 0.4) is 0 Å². The molecule has 1 aliphatic rings. The Morgan fingerprint density at radius 3 is 2.57 bits per heavy atom. The summed E-state index contributed by atoms with van der Waals surface area (Å²) in [5, 5.41) is 0. The molecular weight excluding hydrogens is 393 g/mol. The highest BCUT2D eigenvalue weighted by atomic mass is 32.2. The van der Waals surface area contributed by atoms with Crippen molar-refractivity contribution < 1.29 is 26.3 Å². The van der Waals surface area contributed by atoms with Crippen molar-refractivity contribution in [3.05, 3.63) is 53.7 Å². The van der Waals surface area contributed by atoms with Crippen LogP contribution in [0.25, 0.3) is 0 Å². The van der Waals surface area contributed by atoms with Gasteiger partial charge in [0.15, 0.2) is 0 Å². The van der Waals surface area contributed by atoms with Gasteiger partial charge in [-0.3, -0.25) is 0 Å². The van der Waals surface area contributed by atoms with Crippen LogP contribution in [-0.4, -0.2) is 36.9 Å². The summed E-state index contributed by atoms with van der Waals surface area (Å²) in [6.07, 6.45) is -1.78. The highest BCUT2D eigenvalue weighted by Crippen LogP contribution is 2.31. The fourth-order valence-electron chi connectivity index (χ4n) is 3.10. The number of hydrogen-bond acceptors (Lipinski definition) is 4. The Bertz CT molecular complexity index is 915. The van der Waals surface area contributed by atoms with E-state index in [1.165, 1.54) is 4.31 Å². The van der Waals surface area contributed by atoms with E-state index in [0.29, 0.717) is 6.42 Å². The lowest BCUT2D eigenvalue weighted by molar-refractivity contribution is -0.137. The largest absolute Gasteiger partial charge is 0.473 e. The number of alkyl halides is 3. The van der Waals surface area contributed by atoms with Gasteiger partial charge in [-0.15, -0.1) is 0 Å². The lowest BCUT2D eigenvalue weighted by atomic mass is 10.1. The molecule has 0 radical (unpaired) electrons. The van der Waals surface area contributed by atoms with Gasteiger partial charge in [0.1, 0.15) is 6.10 Å². The Labute approximate surface area is 162 Å². The lowest BCUT2D eigenvalue weighted by Crippen LogP contribution is -2.31. The number of halogens is 3. The molecule has 5 nitrogen and oxygen atoms in total. The van der Waals surface area contributed by atoms with Crippen molar-refractivity contribution in [2.24, 2.45) is 0 Å². The standard InChI is InChI=1S/C19H21F3N2O3S/c1-2-3-14-4-6-17(7-5-14)28(25,26)24-11-9-16(13-24)27-18-12-15(8-10-23-18)19(20,21)22/h4-8,10,12,16H,2-3,9,11,13H2,1H3. The number of sulfonamides is 1. The molecule has 0 saturated carbocycles. The Hall–Kier alpha value is -2.13. The zero-order valence-electron chi connectivity index (χ0n) is 15.3. The van der Waals surface area contributed by atoms with Crippen LogP contribution in [0.4, 0.5) is 13.2 Å². The number of hydrogen-bond donors (Lipinski definition) is 0. The van der Waals surface area contributed by atoms with Crippen LogP contribution in [0.15, 0.2) is 47.5 Å². The van der Waals surface area contributed by atoms with Crippen LogP contribution in [-0.2, 0) is 22.6 Å². The minimum absolute atomic E-state index is 0.0664. The summed E-state index contributed by atoms with van der Waals surface area (Å²) >= 11 is 0. The second-order valence-corrected chi connectivity index (χ2v) is 8.60. The van der Waals surface area contributed by atoms with Crippen molar-refractivity contribution in [3.8, 4) is 5.88 Å². The second-order valence-electron chi connectivity index (χ2n) is 6.67. The zero-order valence-corrected chi connectivity index (χ0v) is 16.1. The van der Waals surface area contributed by atoms with Crippen LogP contribution in [0.5, 0.6) is 5.88 Å². The summed E-state index contributed by atoms with van der Waals surface area (Å²) in [7, 11) is -3.67. The Morgan fingerprint density at radius 2 is 1.93 bits per heavy atom. The molecule has 1 saturated heterocycles. The zero-order chi connectivity index (χ0) is 20.4. The first-order valence-corrected chi connectivity index (χ1v) is 10.4. The molecule has 3 rings (SSSR count). The van der Waals surface area contributed by atoms with Crippen molar-refractivity contribution in [2.75, 3.05) is 13.1 Å². The molecule has 0 aliphatic carbocycles. The van der Waals surface area contributed by atoms with E-state index in [0.717, 1.165) is 36.7 Å². The molecule has 0 N–H and O–H groups in total. The van der Waals surface area contributed by atoms with E-state index >= 15 is 0 Å². The summed E-state index contributed by atoms with van der Waals surface area (Å²) in [6.45, 7) is 2.36. The molecule has 0 amide bonds. The van der Waals surface area contributed by atoms with Gasteiger partial charge in [-0.2, -0.15) is 17.5 Å². The van der Waals surface area contributed by atoms with Crippen molar-refractivity contribution in [1.29, 1.82) is 0 Å². The summed E-state index contributed by atoms with van der Waals surface area (Å²) in [4.78, 5) is 4.00. The Balaban J connectivity index is 1.67. The van der Waals surface area contributed by atoms with Crippen LogP contribution in [0.2, 0.25) is 0 Å². The van der Waals surface area contributed by atoms with E-state index in [9.17, 15) is 21.6 Å². The molecule has 0 spiro atoms. The Morgan fingerprint density at radius 1 is 1.21 bits per heavy atom. The third-order valence-corrected chi connectivity index (χ3v) is 6.44. The minimum atomic E-state index is -4.49. The van der Waals surface area contributed by atoms with Crippen LogP contribution < -0.4 is 4.74 Å². The first kappa shape index (κ1) is 20.6. The van der Waals surface area contributed by atoms with Gasteiger partial charge < -0.3 is 4.74 Å². The molecule has 0 bridgehead atoms. The highest BCUT2D eigenvalue weighted by molar-refractivity contribution is 7.89. The molecule has 1 fully saturated rings. The van der Waals surface area contributed by atoms with E-state index < -0.39 is 27.9 Å². The third kappa shape index (κ3) is 4.64. The molecule has 1 atom stereocenters. The molecule has 152 valence electrons. The molecule has 2 heterocycles. The summed E-state index contributed by atoms with van der Waals surface area (Å²) < 4.78 is 70.8. The van der Waals surface area contributed by atoms with Crippen molar-refractivity contribution in [1.82, 2.24) is 9.29 Å². The fraction of sp³-hybridized carbons (Fsp3) is 0.421. The molecular formula is C19H21F3N2O3S. The number of pyridine rings is 1. The van der Waals surface area contributed by atoms with E-state index in [4.69, 9.17) is 4.74 Å². The molecule has 1 aromatic heterocycles. The van der Waals surface area contributed by atoms with E-state index in [2.05, 4.69) is 4.98 Å². The third-order valence-electron chi connectivity index (χ3n) is 4.56. The average Bonchev–Trinajstić information content (AvgIpc) is 3.11. The predicted molar refractivity (Wildman–Crippen MR) is 97.5 cm³/mol. The van der Waals surface area contributed by atoms with Crippen LogP contribution in [0, 0.1) is 0 Å². The van der Waals surface area contributed by atoms with Gasteiger partial charge in [-0.25, -0.2) is 13.4 Å². The topological polar surface area (TPSA) is 59.5 Å². The van der Waals surface area contributed by atoms with E-state index in [-0.39, 0.29) is 23.9 Å². The molecule has 1 aromatic carbocycles. The quantitative estimate of drug-likeness (QED) is 0.720. The molecule has 9 heteroatoms. The number of ether oxygens (including phenoxy) is 1. The number of aromatic nitrogens is 1. The molecule has 1 unspecified atom stereocenters. The molecule has 1 aliphatic heterocycles. The van der Waals surface area contributed by atoms with Crippen molar-refractivity contribution in [3.63, 3.8) is 0 Å². The summed E-state index contributed by atoms with van der Waals surface area (Å²) in [5.41, 5.74) is 0.215. The normalized spacial score (nSPS) is 18.4. The number of aryl methyl sites for hydroxylation is 1. The average molecular weight is 414 g/mol. The van der Waals surface area contributed by atoms with Gasteiger partial charge in [0.2, 0.25) is 15.9 Å². The first-order valence-electron chi connectivity index (χ1n) is 8.99. The summed E-state index contributed by atoms with van der Waals surface area (Å²) in [5.74, 6) is -0.164. The van der Waals surface area contributed by atoms with Crippen molar-refractivity contribution >= 4 is 10.0 Å². The SMILES string of the molecule is CCCc1ccc(S(=O)(=O)N2CCC(Oc3cc(C(F)(F)F)ccn3)C2)cc1. The highest BCUT2D eigenvalue weighted by Gasteiger charge is 2.35. The number of nitrogens with zero attached hydrogens (tertiary/aromatic N) is 2. The number of rotatable bonds is 6. The summed E-state index contributed by atoms with van der Waals surface area (Å²) in [6, 6.07) is 8.45. The van der Waals surface area contributed by atoms with E-state index in [1.807, 2.05) is 6.92 Å². The van der Waals surface area contributed by atoms with Gasteiger partial charge in [-0.05, 0) is 36.6 Å². The van der Waals surface area contributed by atoms with Gasteiger partial charge in [0.05, 0.1) is 17.0 Å². The van der Waals surface area contributed by atoms with Crippen LogP contribution in [0.1, 0.15) is 30.9 Å². The maximum Gasteiger partial charge on any atom is 0.416 e. The minimum Gasteiger partial charge on any atom is -0.473 e.